The molecular formula is C18H18ClN3O4S2. The Hall–Kier alpha value is -2.36. The number of fused-ring (bicyclic) bond motifs is 1. The molecule has 0 unspecified atom stereocenters. The fraction of sp³-hybridized carbons (Fsp3) is 0.222. The average Bonchev–Trinajstić information content (AvgIpc) is 3.02. The number of nitrogens with one attached hydrogen (secondary N) is 2. The van der Waals surface area contributed by atoms with Crippen LogP contribution in [0.5, 0.6) is 5.75 Å². The van der Waals surface area contributed by atoms with E-state index in [-0.39, 0.29) is 21.6 Å². The summed E-state index contributed by atoms with van der Waals surface area (Å²) in [4.78, 5) is 16.0. The summed E-state index contributed by atoms with van der Waals surface area (Å²) in [5, 5.41) is 3.50. The van der Waals surface area contributed by atoms with E-state index in [9.17, 15) is 13.2 Å². The molecule has 28 heavy (non-hydrogen) atoms. The monoisotopic (exact) mass is 439 g/mol. The van der Waals surface area contributed by atoms with Gasteiger partial charge in [0.05, 0.1) is 23.0 Å². The Bertz CT molecular complexity index is 1130. The van der Waals surface area contributed by atoms with Crippen molar-refractivity contribution < 1.29 is 17.9 Å². The first-order valence-electron chi connectivity index (χ1n) is 8.39. The Morgan fingerprint density at radius 2 is 2.04 bits per heavy atom. The summed E-state index contributed by atoms with van der Waals surface area (Å²) >= 11 is 7.26. The number of carbonyl (C=O) groups excluding carboxylic acids is 1. The minimum atomic E-state index is -3.92. The van der Waals surface area contributed by atoms with Gasteiger partial charge in [-0.2, -0.15) is 0 Å². The summed E-state index contributed by atoms with van der Waals surface area (Å²) in [6.45, 7) is 1.92. The van der Waals surface area contributed by atoms with E-state index in [1.807, 2.05) is 6.92 Å². The molecule has 0 spiro atoms. The van der Waals surface area contributed by atoms with E-state index in [0.29, 0.717) is 22.8 Å². The second-order valence-electron chi connectivity index (χ2n) is 5.90. The van der Waals surface area contributed by atoms with E-state index in [2.05, 4.69) is 15.0 Å². The van der Waals surface area contributed by atoms with Crippen molar-refractivity contribution in [3.05, 3.63) is 41.4 Å². The molecule has 1 amide bonds. The van der Waals surface area contributed by atoms with E-state index in [4.69, 9.17) is 16.3 Å². The van der Waals surface area contributed by atoms with Gasteiger partial charge in [-0.3, -0.25) is 9.52 Å². The summed E-state index contributed by atoms with van der Waals surface area (Å²) in [6.07, 6.45) is 1.16. The quantitative estimate of drug-likeness (QED) is 0.565. The maximum Gasteiger partial charge on any atom is 0.265 e. The van der Waals surface area contributed by atoms with Crippen LogP contribution in [0.1, 0.15) is 19.8 Å². The zero-order valence-electron chi connectivity index (χ0n) is 15.2. The van der Waals surface area contributed by atoms with E-state index >= 15 is 0 Å². The summed E-state index contributed by atoms with van der Waals surface area (Å²) in [6, 6.07) is 9.35. The van der Waals surface area contributed by atoms with Gasteiger partial charge in [-0.15, -0.1) is 0 Å². The molecule has 7 nitrogen and oxygen atoms in total. The van der Waals surface area contributed by atoms with Gasteiger partial charge < -0.3 is 10.1 Å². The topological polar surface area (TPSA) is 97.4 Å². The van der Waals surface area contributed by atoms with Crippen molar-refractivity contribution in [2.75, 3.05) is 17.1 Å². The number of thiazole rings is 1. The highest BCUT2D eigenvalue weighted by atomic mass is 35.5. The third-order valence-electron chi connectivity index (χ3n) is 3.78. The number of aromatic nitrogens is 1. The molecule has 1 aromatic heterocycles. The Balaban J connectivity index is 1.88. The molecule has 0 aliphatic rings. The lowest BCUT2D eigenvalue weighted by molar-refractivity contribution is -0.116. The molecule has 0 aliphatic carbocycles. The van der Waals surface area contributed by atoms with Crippen molar-refractivity contribution >= 4 is 59.9 Å². The molecule has 0 radical (unpaired) electrons. The van der Waals surface area contributed by atoms with Gasteiger partial charge in [-0.25, -0.2) is 13.4 Å². The molecule has 0 saturated carbocycles. The number of methoxy groups -OCH3 is 1. The smallest absolute Gasteiger partial charge is 0.265 e. The van der Waals surface area contributed by atoms with Crippen LogP contribution < -0.4 is 14.8 Å². The third kappa shape index (κ3) is 4.54. The highest BCUT2D eigenvalue weighted by molar-refractivity contribution is 7.92. The first-order chi connectivity index (χ1) is 13.3. The van der Waals surface area contributed by atoms with Crippen LogP contribution in [0.25, 0.3) is 10.2 Å². The molecule has 1 heterocycles. The van der Waals surface area contributed by atoms with Crippen LogP contribution in [0.3, 0.4) is 0 Å². The van der Waals surface area contributed by atoms with Crippen molar-refractivity contribution in [2.45, 2.75) is 24.7 Å². The highest BCUT2D eigenvalue weighted by Crippen LogP contribution is 2.31. The second-order valence-corrected chi connectivity index (χ2v) is 9.02. The van der Waals surface area contributed by atoms with Gasteiger partial charge in [-0.1, -0.05) is 29.9 Å². The van der Waals surface area contributed by atoms with Crippen molar-refractivity contribution in [1.82, 2.24) is 4.98 Å². The van der Waals surface area contributed by atoms with Crippen LogP contribution >= 0.6 is 22.9 Å². The molecule has 0 atom stereocenters. The molecule has 2 aromatic carbocycles. The summed E-state index contributed by atoms with van der Waals surface area (Å²) < 4.78 is 34.0. The van der Waals surface area contributed by atoms with Gasteiger partial charge in [-0.05, 0) is 42.8 Å². The van der Waals surface area contributed by atoms with Gasteiger partial charge in [0.15, 0.2) is 5.13 Å². The number of hydrogen-bond acceptors (Lipinski definition) is 6. The Kier molecular flexibility index (Phi) is 6.07. The number of halogens is 1. The van der Waals surface area contributed by atoms with Crippen molar-refractivity contribution in [3.8, 4) is 5.75 Å². The zero-order valence-corrected chi connectivity index (χ0v) is 17.5. The van der Waals surface area contributed by atoms with Crippen LogP contribution in [0.15, 0.2) is 41.3 Å². The van der Waals surface area contributed by atoms with Gasteiger partial charge in [0.25, 0.3) is 10.0 Å². The molecule has 0 saturated heterocycles. The number of nitrogens with zero attached hydrogens (tertiary/aromatic N) is 1. The molecule has 0 bridgehead atoms. The maximum atomic E-state index is 12.8. The summed E-state index contributed by atoms with van der Waals surface area (Å²) in [5.74, 6) is 0.0862. The van der Waals surface area contributed by atoms with Crippen molar-refractivity contribution in [1.29, 1.82) is 0 Å². The van der Waals surface area contributed by atoms with Crippen LogP contribution in [0.2, 0.25) is 5.02 Å². The fourth-order valence-electron chi connectivity index (χ4n) is 2.52. The van der Waals surface area contributed by atoms with E-state index in [1.165, 1.54) is 30.6 Å². The third-order valence-corrected chi connectivity index (χ3v) is 6.37. The molecule has 0 fully saturated rings. The molecule has 2 N–H and O–H groups in total. The van der Waals surface area contributed by atoms with Crippen LogP contribution in [-0.4, -0.2) is 26.4 Å². The Labute approximate surface area is 171 Å². The minimum absolute atomic E-state index is 0.0617. The minimum Gasteiger partial charge on any atom is -0.495 e. The lowest BCUT2D eigenvalue weighted by atomic mass is 10.3. The SMILES string of the molecule is CCCC(=O)Nc1nc2cc(NS(=O)(=O)c3cc(Cl)ccc3OC)ccc2s1. The van der Waals surface area contributed by atoms with Gasteiger partial charge >= 0.3 is 0 Å². The van der Waals surface area contributed by atoms with E-state index in [1.54, 1.807) is 24.3 Å². The number of anilines is 2. The standard InChI is InChI=1S/C18H18ClN3O4S2/c1-3-4-17(23)21-18-20-13-10-12(6-8-15(13)27-18)22-28(24,25)16-9-11(19)5-7-14(16)26-2/h5-10,22H,3-4H2,1-2H3,(H,20,21,23). The first-order valence-corrected chi connectivity index (χ1v) is 11.1. The maximum absolute atomic E-state index is 12.8. The van der Waals surface area contributed by atoms with Crippen LogP contribution in [0.4, 0.5) is 10.8 Å². The number of benzene rings is 2. The molecule has 148 valence electrons. The van der Waals surface area contributed by atoms with Gasteiger partial charge in [0.2, 0.25) is 5.91 Å². The molecule has 3 aromatic rings. The van der Waals surface area contributed by atoms with E-state index in [0.717, 1.165) is 11.1 Å². The van der Waals surface area contributed by atoms with Crippen molar-refractivity contribution in [3.63, 3.8) is 0 Å². The molecular weight excluding hydrogens is 422 g/mol. The van der Waals surface area contributed by atoms with Gasteiger partial charge in [0, 0.05) is 11.4 Å². The molecule has 0 aliphatic heterocycles. The first kappa shape index (κ1) is 20.4. The predicted octanol–water partition coefficient (Wildman–Crippen LogP) is 4.50. The number of amides is 1. The fourth-order valence-corrected chi connectivity index (χ4v) is 4.87. The average molecular weight is 440 g/mol. The normalized spacial score (nSPS) is 11.4. The van der Waals surface area contributed by atoms with Gasteiger partial charge in [0.1, 0.15) is 10.6 Å². The summed E-state index contributed by atoms with van der Waals surface area (Å²) in [5.41, 5.74) is 0.918. The van der Waals surface area contributed by atoms with E-state index < -0.39 is 10.0 Å². The lowest BCUT2D eigenvalue weighted by Gasteiger charge is -2.12. The number of rotatable bonds is 7. The lowest BCUT2D eigenvalue weighted by Crippen LogP contribution is -2.14. The predicted molar refractivity (Wildman–Crippen MR) is 112 cm³/mol. The molecule has 3 rings (SSSR count). The largest absolute Gasteiger partial charge is 0.495 e. The van der Waals surface area contributed by atoms with Crippen LogP contribution in [0, 0.1) is 0 Å². The summed E-state index contributed by atoms with van der Waals surface area (Å²) in [7, 11) is -2.53. The number of hydrogen-bond donors (Lipinski definition) is 2. The zero-order chi connectivity index (χ0) is 20.3. The second kappa shape index (κ2) is 8.34. The Morgan fingerprint density at radius 1 is 1.25 bits per heavy atom. The van der Waals surface area contributed by atoms with Crippen molar-refractivity contribution in [2.24, 2.45) is 0 Å². The highest BCUT2D eigenvalue weighted by Gasteiger charge is 2.20. The number of carbonyl (C=O) groups is 1. The Morgan fingerprint density at radius 3 is 2.75 bits per heavy atom. The number of sulfonamides is 1. The molecule has 10 heteroatoms. The van der Waals surface area contributed by atoms with Crippen LogP contribution in [-0.2, 0) is 14.8 Å². The number of ether oxygens (including phenoxy) is 1.